The number of hydrogen-bond donors (Lipinski definition) is 1. The van der Waals surface area contributed by atoms with Crippen molar-refractivity contribution in [1.29, 1.82) is 0 Å². The maximum atomic E-state index is 6.10. The molecule has 106 valence electrons. The molecular weight excluding hydrogens is 244 g/mol. The van der Waals surface area contributed by atoms with Crippen LogP contribution in [0.25, 0.3) is 0 Å². The maximum absolute atomic E-state index is 6.10. The lowest BCUT2D eigenvalue weighted by atomic mass is 10.1. The highest BCUT2D eigenvalue weighted by atomic mass is 15.1. The van der Waals surface area contributed by atoms with E-state index in [1.165, 1.54) is 23.1 Å². The van der Waals surface area contributed by atoms with E-state index in [0.717, 1.165) is 24.3 Å². The molecule has 0 bridgehead atoms. The van der Waals surface area contributed by atoms with Crippen LogP contribution in [-0.2, 0) is 13.0 Å². The normalized spacial score (nSPS) is 10.6. The van der Waals surface area contributed by atoms with E-state index in [1.807, 2.05) is 6.07 Å². The third-order valence-corrected chi connectivity index (χ3v) is 3.58. The molecule has 0 heterocycles. The van der Waals surface area contributed by atoms with Gasteiger partial charge in [-0.3, -0.25) is 0 Å². The molecule has 2 aromatic carbocycles. The van der Waals surface area contributed by atoms with Gasteiger partial charge in [-0.1, -0.05) is 43.7 Å². The number of rotatable bonds is 5. The summed E-state index contributed by atoms with van der Waals surface area (Å²) in [5.74, 6) is 0. The largest absolute Gasteiger partial charge is 0.397 e. The molecule has 0 aliphatic heterocycles. The molecule has 0 radical (unpaired) electrons. The fourth-order valence-corrected chi connectivity index (χ4v) is 2.48. The Balaban J connectivity index is 2.08. The van der Waals surface area contributed by atoms with Crippen LogP contribution in [0.2, 0.25) is 0 Å². The van der Waals surface area contributed by atoms with Crippen LogP contribution in [0.15, 0.2) is 42.5 Å². The number of nitrogens with two attached hydrogens (primary N) is 1. The smallest absolute Gasteiger partial charge is 0.0600 e. The number of benzene rings is 2. The van der Waals surface area contributed by atoms with Gasteiger partial charge in [-0.05, 0) is 42.2 Å². The van der Waals surface area contributed by atoms with Gasteiger partial charge in [0.2, 0.25) is 0 Å². The SMILES string of the molecule is CCCc1ccc(CN(C)c2ccc(C)cc2N)cc1. The Kier molecular flexibility index (Phi) is 4.67. The molecule has 0 unspecified atom stereocenters. The topological polar surface area (TPSA) is 29.3 Å². The fraction of sp³-hybridized carbons (Fsp3) is 0.333. The van der Waals surface area contributed by atoms with Gasteiger partial charge in [0.15, 0.2) is 0 Å². The Morgan fingerprint density at radius 3 is 2.25 bits per heavy atom. The van der Waals surface area contributed by atoms with Crippen molar-refractivity contribution in [1.82, 2.24) is 0 Å². The molecule has 0 spiro atoms. The van der Waals surface area contributed by atoms with Crippen molar-refractivity contribution in [2.24, 2.45) is 0 Å². The van der Waals surface area contributed by atoms with Gasteiger partial charge in [0.05, 0.1) is 11.4 Å². The summed E-state index contributed by atoms with van der Waals surface area (Å²) in [5, 5.41) is 0. The van der Waals surface area contributed by atoms with Crippen LogP contribution in [-0.4, -0.2) is 7.05 Å². The molecule has 0 saturated carbocycles. The first kappa shape index (κ1) is 14.4. The zero-order chi connectivity index (χ0) is 14.5. The van der Waals surface area contributed by atoms with Crippen molar-refractivity contribution >= 4 is 11.4 Å². The van der Waals surface area contributed by atoms with Crippen molar-refractivity contribution in [3.05, 3.63) is 59.2 Å². The third-order valence-electron chi connectivity index (χ3n) is 3.58. The lowest BCUT2D eigenvalue weighted by Gasteiger charge is -2.21. The summed E-state index contributed by atoms with van der Waals surface area (Å²) in [6.07, 6.45) is 2.35. The van der Waals surface area contributed by atoms with Crippen LogP contribution in [0.4, 0.5) is 11.4 Å². The average Bonchev–Trinajstić information content (AvgIpc) is 2.41. The van der Waals surface area contributed by atoms with Crippen molar-refractivity contribution in [2.45, 2.75) is 33.2 Å². The van der Waals surface area contributed by atoms with E-state index in [4.69, 9.17) is 5.73 Å². The molecule has 0 atom stereocenters. The highest BCUT2D eigenvalue weighted by molar-refractivity contribution is 5.68. The Hall–Kier alpha value is -1.96. The summed E-state index contributed by atoms with van der Waals surface area (Å²) in [4.78, 5) is 2.20. The summed E-state index contributed by atoms with van der Waals surface area (Å²) in [6.45, 7) is 5.15. The van der Waals surface area contributed by atoms with Gasteiger partial charge in [-0.2, -0.15) is 0 Å². The van der Waals surface area contributed by atoms with E-state index >= 15 is 0 Å². The first-order valence-corrected chi connectivity index (χ1v) is 7.25. The molecule has 0 aromatic heterocycles. The lowest BCUT2D eigenvalue weighted by molar-refractivity contribution is 0.905. The van der Waals surface area contributed by atoms with Crippen molar-refractivity contribution < 1.29 is 0 Å². The van der Waals surface area contributed by atoms with Crippen LogP contribution in [0.1, 0.15) is 30.0 Å². The number of anilines is 2. The van der Waals surface area contributed by atoms with E-state index < -0.39 is 0 Å². The fourth-order valence-electron chi connectivity index (χ4n) is 2.48. The van der Waals surface area contributed by atoms with E-state index in [0.29, 0.717) is 0 Å². The predicted octanol–water partition coefficient (Wildman–Crippen LogP) is 4.17. The third kappa shape index (κ3) is 3.53. The van der Waals surface area contributed by atoms with Gasteiger partial charge in [-0.15, -0.1) is 0 Å². The molecule has 0 aliphatic rings. The van der Waals surface area contributed by atoms with Gasteiger partial charge >= 0.3 is 0 Å². The van der Waals surface area contributed by atoms with Gasteiger partial charge in [0.25, 0.3) is 0 Å². The van der Waals surface area contributed by atoms with E-state index in [1.54, 1.807) is 0 Å². The molecule has 2 N–H and O–H groups in total. The zero-order valence-electron chi connectivity index (χ0n) is 12.7. The Morgan fingerprint density at radius 1 is 1.00 bits per heavy atom. The summed E-state index contributed by atoms with van der Waals surface area (Å²) in [6, 6.07) is 15.1. The molecular formula is C18H24N2. The zero-order valence-corrected chi connectivity index (χ0v) is 12.7. The predicted molar refractivity (Wildman–Crippen MR) is 88.1 cm³/mol. The summed E-state index contributed by atoms with van der Waals surface area (Å²) < 4.78 is 0. The standard InChI is InChI=1S/C18H24N2/c1-4-5-15-7-9-16(10-8-15)13-20(3)18-11-6-14(2)12-17(18)19/h6-12H,4-5,13,19H2,1-3H3. The number of nitrogens with zero attached hydrogens (tertiary/aromatic N) is 1. The van der Waals surface area contributed by atoms with E-state index in [-0.39, 0.29) is 0 Å². The summed E-state index contributed by atoms with van der Waals surface area (Å²) >= 11 is 0. The van der Waals surface area contributed by atoms with Gasteiger partial charge in [0, 0.05) is 13.6 Å². The number of aryl methyl sites for hydroxylation is 2. The first-order valence-electron chi connectivity index (χ1n) is 7.25. The van der Waals surface area contributed by atoms with E-state index in [9.17, 15) is 0 Å². The van der Waals surface area contributed by atoms with Crippen molar-refractivity contribution in [2.75, 3.05) is 17.7 Å². The second-order valence-corrected chi connectivity index (χ2v) is 5.48. The molecule has 0 aliphatic carbocycles. The minimum Gasteiger partial charge on any atom is -0.397 e. The van der Waals surface area contributed by atoms with Gasteiger partial charge < -0.3 is 10.6 Å². The molecule has 2 rings (SSSR count). The summed E-state index contributed by atoms with van der Waals surface area (Å²) in [7, 11) is 2.08. The monoisotopic (exact) mass is 268 g/mol. The molecule has 0 saturated heterocycles. The highest BCUT2D eigenvalue weighted by Crippen LogP contribution is 2.24. The van der Waals surface area contributed by atoms with Crippen LogP contribution < -0.4 is 10.6 Å². The minimum atomic E-state index is 0.843. The van der Waals surface area contributed by atoms with Gasteiger partial charge in [0.1, 0.15) is 0 Å². The van der Waals surface area contributed by atoms with Crippen molar-refractivity contribution in [3.8, 4) is 0 Å². The number of nitrogen functional groups attached to an aromatic ring is 1. The quantitative estimate of drug-likeness (QED) is 0.825. The minimum absolute atomic E-state index is 0.843. The molecule has 0 amide bonds. The van der Waals surface area contributed by atoms with Crippen molar-refractivity contribution in [3.63, 3.8) is 0 Å². The Labute approximate surface area is 122 Å². The number of hydrogen-bond acceptors (Lipinski definition) is 2. The molecule has 20 heavy (non-hydrogen) atoms. The Bertz CT molecular complexity index is 558. The van der Waals surface area contributed by atoms with Crippen LogP contribution >= 0.6 is 0 Å². The molecule has 0 fully saturated rings. The first-order chi connectivity index (χ1) is 9.60. The summed E-state index contributed by atoms with van der Waals surface area (Å²) in [5.41, 5.74) is 12.0. The average molecular weight is 268 g/mol. The van der Waals surface area contributed by atoms with Gasteiger partial charge in [-0.25, -0.2) is 0 Å². The molecule has 2 nitrogen and oxygen atoms in total. The van der Waals surface area contributed by atoms with Crippen LogP contribution in [0.5, 0.6) is 0 Å². The second kappa shape index (κ2) is 6.47. The lowest BCUT2D eigenvalue weighted by Crippen LogP contribution is -2.17. The molecule has 2 aromatic rings. The van der Waals surface area contributed by atoms with Crippen LogP contribution in [0.3, 0.4) is 0 Å². The maximum Gasteiger partial charge on any atom is 0.0600 e. The second-order valence-electron chi connectivity index (χ2n) is 5.48. The Morgan fingerprint density at radius 2 is 1.65 bits per heavy atom. The molecule has 2 heteroatoms. The highest BCUT2D eigenvalue weighted by Gasteiger charge is 2.06. The van der Waals surface area contributed by atoms with E-state index in [2.05, 4.69) is 62.2 Å². The van der Waals surface area contributed by atoms with Crippen LogP contribution in [0, 0.1) is 6.92 Å².